The lowest BCUT2D eigenvalue weighted by Gasteiger charge is -2.11. The van der Waals surface area contributed by atoms with Gasteiger partial charge in [0.2, 0.25) is 0 Å². The van der Waals surface area contributed by atoms with E-state index in [0.717, 1.165) is 50.2 Å². The molecule has 0 saturated carbocycles. The summed E-state index contributed by atoms with van der Waals surface area (Å²) in [6.45, 7) is 0. The van der Waals surface area contributed by atoms with Crippen LogP contribution in [0.2, 0.25) is 0 Å². The van der Waals surface area contributed by atoms with E-state index in [2.05, 4.69) is 133 Å². The first-order valence-electron chi connectivity index (χ1n) is 15.9. The summed E-state index contributed by atoms with van der Waals surface area (Å²) < 4.78 is 5.02. The number of hydrogen-bond donors (Lipinski definition) is 0. The van der Waals surface area contributed by atoms with Gasteiger partial charge >= 0.3 is 0 Å². The highest BCUT2D eigenvalue weighted by Crippen LogP contribution is 2.42. The fraction of sp³-hybridized carbons (Fsp3) is 0. The second-order valence-corrected chi connectivity index (χ2v) is 14.1. The van der Waals surface area contributed by atoms with Crippen LogP contribution in [0.1, 0.15) is 0 Å². The average molecular weight is 648 g/mol. The van der Waals surface area contributed by atoms with Crippen molar-refractivity contribution in [1.82, 2.24) is 15.0 Å². The maximum Gasteiger partial charge on any atom is 0.160 e. The van der Waals surface area contributed by atoms with E-state index < -0.39 is 0 Å². The largest absolute Gasteiger partial charge is 0.246 e. The van der Waals surface area contributed by atoms with Crippen molar-refractivity contribution in [3.05, 3.63) is 152 Å². The van der Waals surface area contributed by atoms with Crippen molar-refractivity contribution in [2.24, 2.45) is 0 Å². The van der Waals surface area contributed by atoms with Crippen LogP contribution in [0, 0.1) is 0 Å². The van der Waals surface area contributed by atoms with Crippen molar-refractivity contribution < 1.29 is 0 Å². The SMILES string of the molecule is c1ccc(-c2nc(-c3ccc(-c4nc5c6ccccc6sc5c5ccccc45)cc3)cc(-c3cccc4c3sc3ccccc34)n2)cc1. The maximum atomic E-state index is 5.30. The fourth-order valence-corrected chi connectivity index (χ4v) is 9.21. The molecule has 0 aliphatic carbocycles. The summed E-state index contributed by atoms with van der Waals surface area (Å²) in [5, 5.41) is 6.15. The van der Waals surface area contributed by atoms with Crippen molar-refractivity contribution in [3.8, 4) is 45.2 Å². The third kappa shape index (κ3) is 4.36. The Bertz CT molecular complexity index is 2830. The Kier molecular flexibility index (Phi) is 6.22. The molecule has 4 heterocycles. The van der Waals surface area contributed by atoms with E-state index in [1.54, 1.807) is 0 Å². The molecule has 0 fully saturated rings. The number of aromatic nitrogens is 3. The van der Waals surface area contributed by atoms with Gasteiger partial charge in [-0.15, -0.1) is 22.7 Å². The summed E-state index contributed by atoms with van der Waals surface area (Å²) >= 11 is 3.64. The number of benzene rings is 6. The monoisotopic (exact) mass is 647 g/mol. The number of thiophene rings is 2. The van der Waals surface area contributed by atoms with Crippen LogP contribution in [0.5, 0.6) is 0 Å². The molecule has 6 aromatic carbocycles. The van der Waals surface area contributed by atoms with E-state index in [-0.39, 0.29) is 0 Å². The maximum absolute atomic E-state index is 5.30. The molecule has 3 nitrogen and oxygen atoms in total. The molecule has 0 radical (unpaired) electrons. The van der Waals surface area contributed by atoms with Gasteiger partial charge in [-0.05, 0) is 18.2 Å². The van der Waals surface area contributed by atoms with Crippen LogP contribution >= 0.6 is 22.7 Å². The third-order valence-corrected chi connectivity index (χ3v) is 11.5. The van der Waals surface area contributed by atoms with Crippen LogP contribution < -0.4 is 0 Å². The zero-order valence-corrected chi connectivity index (χ0v) is 27.2. The highest BCUT2D eigenvalue weighted by Gasteiger charge is 2.17. The van der Waals surface area contributed by atoms with Gasteiger partial charge in [-0.1, -0.05) is 133 Å². The normalized spacial score (nSPS) is 11.8. The number of fused-ring (bicyclic) bond motifs is 8. The first-order valence-corrected chi connectivity index (χ1v) is 17.6. The summed E-state index contributed by atoms with van der Waals surface area (Å²) in [4.78, 5) is 15.6. The molecule has 10 rings (SSSR count). The molecule has 4 aromatic heterocycles. The summed E-state index contributed by atoms with van der Waals surface area (Å²) in [7, 11) is 0. The number of hydrogen-bond acceptors (Lipinski definition) is 5. The Hall–Kier alpha value is -5.75. The van der Waals surface area contributed by atoms with Crippen molar-refractivity contribution in [2.75, 3.05) is 0 Å². The average Bonchev–Trinajstić information content (AvgIpc) is 3.74. The van der Waals surface area contributed by atoms with E-state index in [4.69, 9.17) is 15.0 Å². The molecule has 0 amide bonds. The van der Waals surface area contributed by atoms with Gasteiger partial charge in [0.15, 0.2) is 5.82 Å². The first kappa shape index (κ1) is 27.4. The topological polar surface area (TPSA) is 38.7 Å². The Morgan fingerprint density at radius 1 is 0.375 bits per heavy atom. The summed E-state index contributed by atoms with van der Waals surface area (Å²) in [5.74, 6) is 0.715. The van der Waals surface area contributed by atoms with Gasteiger partial charge in [0, 0.05) is 63.3 Å². The molecule has 5 heteroatoms. The molecular formula is C43H25N3S2. The van der Waals surface area contributed by atoms with Gasteiger partial charge in [-0.25, -0.2) is 15.0 Å². The van der Waals surface area contributed by atoms with E-state index >= 15 is 0 Å². The molecule has 224 valence electrons. The summed E-state index contributed by atoms with van der Waals surface area (Å²) in [6, 6.07) is 53.4. The van der Waals surface area contributed by atoms with Crippen LogP contribution in [-0.4, -0.2) is 15.0 Å². The minimum Gasteiger partial charge on any atom is -0.246 e. The van der Waals surface area contributed by atoms with Gasteiger partial charge in [0.1, 0.15) is 0 Å². The smallest absolute Gasteiger partial charge is 0.160 e. The third-order valence-electron chi connectivity index (χ3n) is 9.11. The first-order chi connectivity index (χ1) is 23.8. The standard InChI is InChI=1S/C43H25N3S2/c1-2-11-28(12-3-1)43-44-35(25-36(45-43)33-18-10-17-31-29-13-6-8-19-37(29)47-41(31)33)26-21-23-27(24-22-26)39-30-14-4-5-15-32(30)42-40(46-39)34-16-7-9-20-38(34)48-42/h1-25H. The van der Waals surface area contributed by atoms with Crippen molar-refractivity contribution in [3.63, 3.8) is 0 Å². The highest BCUT2D eigenvalue weighted by molar-refractivity contribution is 7.27. The molecule has 0 bridgehead atoms. The number of rotatable bonds is 4. The zero-order chi connectivity index (χ0) is 31.6. The van der Waals surface area contributed by atoms with Crippen LogP contribution in [-0.2, 0) is 0 Å². The van der Waals surface area contributed by atoms with Crippen molar-refractivity contribution >= 4 is 73.9 Å². The van der Waals surface area contributed by atoms with Crippen molar-refractivity contribution in [2.45, 2.75) is 0 Å². The predicted octanol–water partition coefficient (Wildman–Crippen LogP) is 12.4. The van der Waals surface area contributed by atoms with E-state index in [0.29, 0.717) is 5.82 Å². The lowest BCUT2D eigenvalue weighted by Crippen LogP contribution is -1.96. The second kappa shape index (κ2) is 10.9. The quantitative estimate of drug-likeness (QED) is 0.191. The molecule has 0 aliphatic rings. The van der Waals surface area contributed by atoms with Gasteiger partial charge in [-0.2, -0.15) is 0 Å². The van der Waals surface area contributed by atoms with Gasteiger partial charge in [0.05, 0.1) is 27.3 Å². The number of pyridine rings is 1. The summed E-state index contributed by atoms with van der Waals surface area (Å²) in [6.07, 6.45) is 0. The Morgan fingerprint density at radius 2 is 0.958 bits per heavy atom. The summed E-state index contributed by atoms with van der Waals surface area (Å²) in [5.41, 5.74) is 8.11. The minimum atomic E-state index is 0.715. The van der Waals surface area contributed by atoms with E-state index in [1.807, 2.05) is 40.9 Å². The molecule has 0 aliphatic heterocycles. The van der Waals surface area contributed by atoms with Gasteiger partial charge in [0.25, 0.3) is 0 Å². The van der Waals surface area contributed by atoms with Gasteiger partial charge in [-0.3, -0.25) is 0 Å². The minimum absolute atomic E-state index is 0.715. The van der Waals surface area contributed by atoms with Crippen LogP contribution in [0.25, 0.3) is 96.4 Å². The Labute approximate surface area is 284 Å². The van der Waals surface area contributed by atoms with Crippen LogP contribution in [0.15, 0.2) is 152 Å². The lowest BCUT2D eigenvalue weighted by molar-refractivity contribution is 1.19. The molecule has 0 N–H and O–H groups in total. The highest BCUT2D eigenvalue weighted by atomic mass is 32.1. The van der Waals surface area contributed by atoms with Gasteiger partial charge < -0.3 is 0 Å². The van der Waals surface area contributed by atoms with Crippen LogP contribution in [0.3, 0.4) is 0 Å². The molecule has 0 atom stereocenters. The molecule has 48 heavy (non-hydrogen) atoms. The number of nitrogens with zero attached hydrogens (tertiary/aromatic N) is 3. The molecular weight excluding hydrogens is 623 g/mol. The van der Waals surface area contributed by atoms with Crippen molar-refractivity contribution in [1.29, 1.82) is 0 Å². The molecule has 0 unspecified atom stereocenters. The molecule has 10 aromatic rings. The molecule has 0 saturated heterocycles. The van der Waals surface area contributed by atoms with E-state index in [1.165, 1.54) is 40.3 Å². The lowest BCUT2D eigenvalue weighted by atomic mass is 10.00. The predicted molar refractivity (Wildman–Crippen MR) is 205 cm³/mol. The Morgan fingerprint density at radius 3 is 1.77 bits per heavy atom. The second-order valence-electron chi connectivity index (χ2n) is 12.0. The fourth-order valence-electron chi connectivity index (χ4n) is 6.80. The zero-order valence-electron chi connectivity index (χ0n) is 25.6. The Balaban J connectivity index is 1.14. The molecule has 0 spiro atoms. The van der Waals surface area contributed by atoms with E-state index in [9.17, 15) is 0 Å². The van der Waals surface area contributed by atoms with Crippen LogP contribution in [0.4, 0.5) is 0 Å².